The molecule has 0 saturated carbocycles. The molecule has 0 unspecified atom stereocenters. The Bertz CT molecular complexity index is 3430. The normalized spacial score (nSPS) is 13.0. The van der Waals surface area contributed by atoms with Crippen LogP contribution in [0.5, 0.6) is 0 Å². The van der Waals surface area contributed by atoms with Crippen LogP contribution in [0.2, 0.25) is 0 Å². The van der Waals surface area contributed by atoms with Gasteiger partial charge in [0.25, 0.3) is 0 Å². The third-order valence-corrected chi connectivity index (χ3v) is 12.8. The summed E-state index contributed by atoms with van der Waals surface area (Å²) >= 11 is 0. The molecule has 2 heterocycles. The van der Waals surface area contributed by atoms with Crippen LogP contribution >= 0.6 is 0 Å². The van der Waals surface area contributed by atoms with Gasteiger partial charge in [0.2, 0.25) is 0 Å². The van der Waals surface area contributed by atoms with Crippen LogP contribution in [0.3, 0.4) is 0 Å². The van der Waals surface area contributed by atoms with Gasteiger partial charge in [-0.05, 0) is 106 Å². The van der Waals surface area contributed by atoms with E-state index in [4.69, 9.17) is 4.42 Å². The summed E-state index contributed by atoms with van der Waals surface area (Å²) in [5, 5.41) is 4.69. The van der Waals surface area contributed by atoms with Gasteiger partial charge in [0.15, 0.2) is 0 Å². The lowest BCUT2D eigenvalue weighted by molar-refractivity contribution is 0.660. The van der Waals surface area contributed by atoms with Crippen LogP contribution in [0, 0.1) is 0 Å². The Labute approximate surface area is 349 Å². The zero-order valence-corrected chi connectivity index (χ0v) is 33.4. The molecule has 0 amide bonds. The zero-order valence-electron chi connectivity index (χ0n) is 33.4. The molecule has 1 aliphatic carbocycles. The lowest BCUT2D eigenvalue weighted by Crippen LogP contribution is -2.16. The van der Waals surface area contributed by atoms with E-state index in [1.165, 1.54) is 55.2 Å². The SMILES string of the molecule is CC1(C)c2ccccc2-c2ccc(N(c3ccc(-c4ccccc4)cc3)c3ccc(-c4cc5oc6ccccc6c5c5c6ccccc6n(-c6ccccc6)c45)cc3)cc21. The number of hydrogen-bond donors (Lipinski definition) is 0. The number of anilines is 3. The summed E-state index contributed by atoms with van der Waals surface area (Å²) in [6.45, 7) is 4.70. The molecule has 3 nitrogen and oxygen atoms in total. The average Bonchev–Trinajstić information content (AvgIpc) is 3.93. The fourth-order valence-corrected chi connectivity index (χ4v) is 9.94. The summed E-state index contributed by atoms with van der Waals surface area (Å²) in [5.74, 6) is 0. The predicted octanol–water partition coefficient (Wildman–Crippen LogP) is 15.8. The number of nitrogens with zero attached hydrogens (tertiary/aromatic N) is 2. The fraction of sp³-hybridized carbons (Fsp3) is 0.0526. The Morgan fingerprint density at radius 1 is 0.417 bits per heavy atom. The lowest BCUT2D eigenvalue weighted by Gasteiger charge is -2.28. The molecule has 0 aliphatic heterocycles. The van der Waals surface area contributed by atoms with E-state index in [9.17, 15) is 0 Å². The smallest absolute Gasteiger partial charge is 0.136 e. The van der Waals surface area contributed by atoms with Crippen molar-refractivity contribution < 1.29 is 4.42 Å². The number of fused-ring (bicyclic) bond motifs is 10. The minimum atomic E-state index is -0.119. The van der Waals surface area contributed by atoms with Crippen molar-refractivity contribution in [2.24, 2.45) is 0 Å². The molecule has 0 bridgehead atoms. The quantitative estimate of drug-likeness (QED) is 0.168. The third-order valence-electron chi connectivity index (χ3n) is 12.8. The molecule has 9 aromatic carbocycles. The molecule has 60 heavy (non-hydrogen) atoms. The van der Waals surface area contributed by atoms with Crippen LogP contribution in [-0.4, -0.2) is 4.57 Å². The van der Waals surface area contributed by atoms with Crippen molar-refractivity contribution >= 4 is 60.8 Å². The van der Waals surface area contributed by atoms with Gasteiger partial charge in [-0.15, -0.1) is 0 Å². The highest BCUT2D eigenvalue weighted by atomic mass is 16.3. The van der Waals surface area contributed by atoms with Crippen molar-refractivity contribution in [1.29, 1.82) is 0 Å². The summed E-state index contributed by atoms with van der Waals surface area (Å²) in [7, 11) is 0. The second-order valence-electron chi connectivity index (χ2n) is 16.5. The molecule has 1 aliphatic rings. The molecule has 2 aromatic heterocycles. The number of rotatable bonds is 6. The highest BCUT2D eigenvalue weighted by Crippen LogP contribution is 2.51. The Kier molecular flexibility index (Phi) is 7.58. The number of aromatic nitrogens is 1. The number of furan rings is 1. The molecule has 0 N–H and O–H groups in total. The summed E-state index contributed by atoms with van der Waals surface area (Å²) in [6.07, 6.45) is 0. The first-order chi connectivity index (χ1) is 29.5. The van der Waals surface area contributed by atoms with E-state index in [2.05, 4.69) is 230 Å². The lowest BCUT2D eigenvalue weighted by atomic mass is 9.82. The Balaban J connectivity index is 1.06. The first-order valence-electron chi connectivity index (χ1n) is 20.8. The van der Waals surface area contributed by atoms with Crippen molar-refractivity contribution in [3.63, 3.8) is 0 Å². The maximum absolute atomic E-state index is 6.66. The highest BCUT2D eigenvalue weighted by molar-refractivity contribution is 6.30. The van der Waals surface area contributed by atoms with E-state index < -0.39 is 0 Å². The molecular formula is C57H40N2O. The van der Waals surface area contributed by atoms with Crippen LogP contribution in [-0.2, 0) is 5.41 Å². The highest BCUT2D eigenvalue weighted by Gasteiger charge is 2.36. The first kappa shape index (κ1) is 34.4. The van der Waals surface area contributed by atoms with Gasteiger partial charge < -0.3 is 13.9 Å². The fourth-order valence-electron chi connectivity index (χ4n) is 9.94. The van der Waals surface area contributed by atoms with Gasteiger partial charge in [-0.25, -0.2) is 0 Å². The molecule has 0 spiro atoms. The number of benzene rings is 9. The standard InChI is InChI=1S/C57H40N2O/c1-57(2)49-22-12-9-19-44(49)45-34-33-43(35-50(45)57)58(41-29-25-38(26-30-41)37-15-5-3-6-16-37)42-31-27-39(28-32-42)48-36-53-54(47-21-11-14-24-52(47)60-53)55-46-20-10-13-23-51(46)59(56(48)55)40-17-7-4-8-18-40/h3-36H,1-2H3. The maximum atomic E-state index is 6.66. The van der Waals surface area contributed by atoms with Crippen LogP contribution in [0.1, 0.15) is 25.0 Å². The van der Waals surface area contributed by atoms with Gasteiger partial charge in [0.05, 0.1) is 11.0 Å². The van der Waals surface area contributed by atoms with Gasteiger partial charge in [0, 0.05) is 55.3 Å². The van der Waals surface area contributed by atoms with Crippen LogP contribution in [0.4, 0.5) is 17.1 Å². The second kappa shape index (κ2) is 13.2. The molecule has 0 fully saturated rings. The van der Waals surface area contributed by atoms with Crippen LogP contribution in [0.25, 0.3) is 82.8 Å². The molecule has 11 aromatic rings. The second-order valence-corrected chi connectivity index (χ2v) is 16.5. The molecule has 284 valence electrons. The van der Waals surface area contributed by atoms with Crippen molar-refractivity contribution in [3.05, 3.63) is 217 Å². The van der Waals surface area contributed by atoms with Crippen molar-refractivity contribution in [2.75, 3.05) is 4.90 Å². The molecule has 0 atom stereocenters. The van der Waals surface area contributed by atoms with E-state index in [-0.39, 0.29) is 5.41 Å². The van der Waals surface area contributed by atoms with Gasteiger partial charge in [-0.1, -0.05) is 153 Å². The molecule has 0 radical (unpaired) electrons. The average molecular weight is 769 g/mol. The van der Waals surface area contributed by atoms with Gasteiger partial charge in [-0.2, -0.15) is 0 Å². The maximum Gasteiger partial charge on any atom is 0.136 e. The monoisotopic (exact) mass is 768 g/mol. The summed E-state index contributed by atoms with van der Waals surface area (Å²) in [5.41, 5.74) is 18.5. The number of para-hydroxylation sites is 3. The van der Waals surface area contributed by atoms with E-state index in [1.807, 2.05) is 0 Å². The summed E-state index contributed by atoms with van der Waals surface area (Å²) < 4.78 is 9.10. The third kappa shape index (κ3) is 5.15. The minimum Gasteiger partial charge on any atom is -0.456 e. The van der Waals surface area contributed by atoms with Crippen molar-refractivity contribution in [3.8, 4) is 39.1 Å². The topological polar surface area (TPSA) is 21.3 Å². The van der Waals surface area contributed by atoms with Crippen molar-refractivity contribution in [2.45, 2.75) is 19.3 Å². The Morgan fingerprint density at radius 2 is 1.00 bits per heavy atom. The van der Waals surface area contributed by atoms with Gasteiger partial charge in [0.1, 0.15) is 11.2 Å². The van der Waals surface area contributed by atoms with E-state index >= 15 is 0 Å². The molecular weight excluding hydrogens is 729 g/mol. The zero-order chi connectivity index (χ0) is 40.0. The van der Waals surface area contributed by atoms with Gasteiger partial charge in [-0.3, -0.25) is 0 Å². The summed E-state index contributed by atoms with van der Waals surface area (Å²) in [6, 6.07) is 74.7. The molecule has 3 heteroatoms. The minimum absolute atomic E-state index is 0.119. The van der Waals surface area contributed by atoms with E-state index in [1.54, 1.807) is 0 Å². The Hall–Kier alpha value is -7.62. The number of hydrogen-bond acceptors (Lipinski definition) is 2. The summed E-state index contributed by atoms with van der Waals surface area (Å²) in [4.78, 5) is 2.40. The van der Waals surface area contributed by atoms with Gasteiger partial charge >= 0.3 is 0 Å². The Morgan fingerprint density at radius 3 is 1.77 bits per heavy atom. The molecule has 0 saturated heterocycles. The van der Waals surface area contributed by atoms with E-state index in [0.717, 1.165) is 55.8 Å². The molecule has 12 rings (SSSR count). The van der Waals surface area contributed by atoms with Crippen molar-refractivity contribution in [1.82, 2.24) is 4.57 Å². The largest absolute Gasteiger partial charge is 0.456 e. The first-order valence-corrected chi connectivity index (χ1v) is 20.8. The predicted molar refractivity (Wildman–Crippen MR) is 251 cm³/mol. The van der Waals surface area contributed by atoms with E-state index in [0.29, 0.717) is 0 Å². The van der Waals surface area contributed by atoms with Crippen LogP contribution < -0.4 is 4.90 Å². The van der Waals surface area contributed by atoms with Crippen LogP contribution in [0.15, 0.2) is 211 Å².